The third kappa shape index (κ3) is 3.21. The SMILES string of the molecule is CCn1c(=O)c2ccccc2n(CC(=O)Nc2nc3ccc(Cl)cc3s2)c1=O. The van der Waals surface area contributed by atoms with Crippen LogP contribution >= 0.6 is 22.9 Å². The molecule has 0 fully saturated rings. The molecule has 2 aromatic carbocycles. The van der Waals surface area contributed by atoms with Crippen molar-refractivity contribution >= 4 is 55.1 Å². The van der Waals surface area contributed by atoms with E-state index in [9.17, 15) is 14.4 Å². The first-order valence-corrected chi connectivity index (χ1v) is 9.75. The van der Waals surface area contributed by atoms with Gasteiger partial charge in [0.1, 0.15) is 6.54 Å². The molecule has 2 heterocycles. The summed E-state index contributed by atoms with van der Waals surface area (Å²) in [6.45, 7) is 1.72. The molecule has 4 rings (SSSR count). The quantitative estimate of drug-likeness (QED) is 0.556. The molecule has 1 N–H and O–H groups in total. The third-order valence-electron chi connectivity index (χ3n) is 4.35. The van der Waals surface area contributed by atoms with Crippen LogP contribution in [0.1, 0.15) is 6.92 Å². The van der Waals surface area contributed by atoms with Gasteiger partial charge in [-0.05, 0) is 37.3 Å². The smallest absolute Gasteiger partial charge is 0.300 e. The molecular formula is C19H15ClN4O3S. The van der Waals surface area contributed by atoms with Crippen molar-refractivity contribution in [3.05, 3.63) is 68.3 Å². The molecule has 0 saturated carbocycles. The normalized spacial score (nSPS) is 11.2. The summed E-state index contributed by atoms with van der Waals surface area (Å²) in [6, 6.07) is 12.0. The van der Waals surface area contributed by atoms with Gasteiger partial charge in [-0.2, -0.15) is 0 Å². The van der Waals surface area contributed by atoms with Crippen molar-refractivity contribution in [2.24, 2.45) is 0 Å². The van der Waals surface area contributed by atoms with Crippen LogP contribution in [0.25, 0.3) is 21.1 Å². The van der Waals surface area contributed by atoms with Gasteiger partial charge >= 0.3 is 5.69 Å². The Balaban J connectivity index is 1.70. The second-order valence-corrected chi connectivity index (χ2v) is 7.58. The molecule has 28 heavy (non-hydrogen) atoms. The van der Waals surface area contributed by atoms with Gasteiger partial charge in [0.15, 0.2) is 5.13 Å². The van der Waals surface area contributed by atoms with Crippen molar-refractivity contribution in [3.8, 4) is 0 Å². The molecule has 0 aliphatic heterocycles. The molecule has 0 aliphatic carbocycles. The Morgan fingerprint density at radius 2 is 1.96 bits per heavy atom. The minimum Gasteiger partial charge on any atom is -0.300 e. The first kappa shape index (κ1) is 18.4. The van der Waals surface area contributed by atoms with Crippen molar-refractivity contribution in [1.29, 1.82) is 0 Å². The summed E-state index contributed by atoms with van der Waals surface area (Å²) >= 11 is 7.28. The van der Waals surface area contributed by atoms with Crippen LogP contribution in [-0.2, 0) is 17.9 Å². The molecule has 0 aliphatic rings. The number of nitrogens with zero attached hydrogens (tertiary/aromatic N) is 3. The predicted octanol–water partition coefficient (Wildman–Crippen LogP) is 3.08. The standard InChI is InChI=1S/C19H15ClN4O3S/c1-2-23-17(26)12-5-3-4-6-14(12)24(19(23)27)10-16(25)22-18-21-13-8-7-11(20)9-15(13)28-18/h3-9H,2,10H2,1H3,(H,21,22,25). The molecule has 0 bridgehead atoms. The van der Waals surface area contributed by atoms with E-state index in [1.165, 1.54) is 15.9 Å². The molecule has 1 amide bonds. The lowest BCUT2D eigenvalue weighted by atomic mass is 10.2. The van der Waals surface area contributed by atoms with Crippen molar-refractivity contribution in [2.75, 3.05) is 5.32 Å². The first-order chi connectivity index (χ1) is 13.5. The molecule has 2 aromatic heterocycles. The lowest BCUT2D eigenvalue weighted by Gasteiger charge is -2.12. The molecule has 0 unspecified atom stereocenters. The van der Waals surface area contributed by atoms with Gasteiger partial charge in [0.25, 0.3) is 5.56 Å². The topological polar surface area (TPSA) is 86.0 Å². The number of amides is 1. The number of fused-ring (bicyclic) bond motifs is 2. The second-order valence-electron chi connectivity index (χ2n) is 6.11. The summed E-state index contributed by atoms with van der Waals surface area (Å²) in [5.41, 5.74) is 0.278. The van der Waals surface area contributed by atoms with Gasteiger partial charge in [0.05, 0.1) is 21.1 Å². The van der Waals surface area contributed by atoms with Crippen molar-refractivity contribution in [2.45, 2.75) is 20.0 Å². The molecule has 4 aromatic rings. The molecule has 9 heteroatoms. The summed E-state index contributed by atoms with van der Waals surface area (Å²) in [6.07, 6.45) is 0. The zero-order valence-corrected chi connectivity index (χ0v) is 16.4. The van der Waals surface area contributed by atoms with E-state index in [-0.39, 0.29) is 18.6 Å². The second kappa shape index (κ2) is 7.21. The van der Waals surface area contributed by atoms with Crippen LogP contribution in [0, 0.1) is 0 Å². The average molecular weight is 415 g/mol. The van der Waals surface area contributed by atoms with E-state index >= 15 is 0 Å². The fraction of sp³-hybridized carbons (Fsp3) is 0.158. The van der Waals surface area contributed by atoms with Crippen LogP contribution in [-0.4, -0.2) is 20.0 Å². The van der Waals surface area contributed by atoms with Gasteiger partial charge < -0.3 is 5.32 Å². The highest BCUT2D eigenvalue weighted by molar-refractivity contribution is 7.22. The minimum atomic E-state index is -0.516. The fourth-order valence-corrected chi connectivity index (χ4v) is 4.21. The van der Waals surface area contributed by atoms with E-state index < -0.39 is 11.6 Å². The Labute approximate surface area is 167 Å². The Morgan fingerprint density at radius 3 is 2.75 bits per heavy atom. The van der Waals surface area contributed by atoms with Crippen LogP contribution in [0.3, 0.4) is 0 Å². The zero-order valence-electron chi connectivity index (χ0n) is 14.8. The van der Waals surface area contributed by atoms with Crippen LogP contribution in [0.2, 0.25) is 5.02 Å². The summed E-state index contributed by atoms with van der Waals surface area (Å²) in [5.74, 6) is -0.404. The number of rotatable bonds is 4. The number of thiazole rings is 1. The largest absolute Gasteiger partial charge is 0.331 e. The van der Waals surface area contributed by atoms with Gasteiger partial charge in [-0.3, -0.25) is 18.7 Å². The summed E-state index contributed by atoms with van der Waals surface area (Å²) in [5, 5.41) is 4.13. The Bertz CT molecular complexity index is 1340. The average Bonchev–Trinajstić information content (AvgIpc) is 3.06. The molecule has 142 valence electrons. The Kier molecular flexibility index (Phi) is 4.74. The van der Waals surface area contributed by atoms with Crippen LogP contribution < -0.4 is 16.6 Å². The number of aromatic nitrogens is 3. The maximum Gasteiger partial charge on any atom is 0.331 e. The number of carbonyl (C=O) groups excluding carboxylic acids is 1. The number of nitrogens with one attached hydrogen (secondary N) is 1. The molecule has 0 spiro atoms. The van der Waals surface area contributed by atoms with Crippen molar-refractivity contribution in [1.82, 2.24) is 14.1 Å². The van der Waals surface area contributed by atoms with E-state index in [1.807, 2.05) is 0 Å². The molecule has 0 radical (unpaired) electrons. The number of halogens is 1. The molecule has 0 atom stereocenters. The monoisotopic (exact) mass is 414 g/mol. The molecule has 7 nitrogen and oxygen atoms in total. The van der Waals surface area contributed by atoms with Crippen LogP contribution in [0.15, 0.2) is 52.1 Å². The Morgan fingerprint density at radius 1 is 1.18 bits per heavy atom. The van der Waals surface area contributed by atoms with E-state index in [0.717, 1.165) is 14.8 Å². The number of hydrogen-bond donors (Lipinski definition) is 1. The summed E-state index contributed by atoms with van der Waals surface area (Å²) < 4.78 is 3.28. The van der Waals surface area contributed by atoms with Crippen molar-refractivity contribution < 1.29 is 4.79 Å². The highest BCUT2D eigenvalue weighted by Crippen LogP contribution is 2.28. The van der Waals surface area contributed by atoms with Gasteiger partial charge in [0.2, 0.25) is 5.91 Å². The van der Waals surface area contributed by atoms with E-state index in [2.05, 4.69) is 10.3 Å². The van der Waals surface area contributed by atoms with Crippen LogP contribution in [0.5, 0.6) is 0 Å². The fourth-order valence-electron chi connectivity index (χ4n) is 3.06. The van der Waals surface area contributed by atoms with Gasteiger partial charge in [0, 0.05) is 11.6 Å². The predicted molar refractivity (Wildman–Crippen MR) is 111 cm³/mol. The first-order valence-electron chi connectivity index (χ1n) is 8.56. The summed E-state index contributed by atoms with van der Waals surface area (Å²) in [4.78, 5) is 42.1. The van der Waals surface area contributed by atoms with Gasteiger partial charge in [-0.25, -0.2) is 9.78 Å². The molecular weight excluding hydrogens is 400 g/mol. The highest BCUT2D eigenvalue weighted by atomic mass is 35.5. The number of carbonyl (C=O) groups is 1. The van der Waals surface area contributed by atoms with Gasteiger partial charge in [-0.15, -0.1) is 0 Å². The number of hydrogen-bond acceptors (Lipinski definition) is 5. The maximum atomic E-state index is 12.7. The summed E-state index contributed by atoms with van der Waals surface area (Å²) in [7, 11) is 0. The van der Waals surface area contributed by atoms with Crippen LogP contribution in [0.4, 0.5) is 5.13 Å². The number of benzene rings is 2. The zero-order chi connectivity index (χ0) is 19.8. The van der Waals surface area contributed by atoms with E-state index in [1.54, 1.807) is 49.4 Å². The van der Waals surface area contributed by atoms with Gasteiger partial charge in [-0.1, -0.05) is 35.1 Å². The highest BCUT2D eigenvalue weighted by Gasteiger charge is 2.15. The number of anilines is 1. The lowest BCUT2D eigenvalue weighted by Crippen LogP contribution is -2.41. The number of para-hydroxylation sites is 1. The van der Waals surface area contributed by atoms with Crippen molar-refractivity contribution in [3.63, 3.8) is 0 Å². The maximum absolute atomic E-state index is 12.7. The van der Waals surface area contributed by atoms with E-state index in [4.69, 9.17) is 11.6 Å². The Hall–Kier alpha value is -2.97. The minimum absolute atomic E-state index is 0.225. The molecule has 0 saturated heterocycles. The lowest BCUT2D eigenvalue weighted by molar-refractivity contribution is -0.116. The third-order valence-corrected chi connectivity index (χ3v) is 5.52. The van der Waals surface area contributed by atoms with E-state index in [0.29, 0.717) is 21.1 Å².